The molecule has 0 radical (unpaired) electrons. The van der Waals surface area contributed by atoms with E-state index in [-0.39, 0.29) is 11.3 Å². The smallest absolute Gasteiger partial charge is 0.281 e. The second-order valence-corrected chi connectivity index (χ2v) is 9.62. The molecule has 0 aliphatic carbocycles. The van der Waals surface area contributed by atoms with E-state index < -0.39 is 16.3 Å². The molecule has 2 rings (SSSR count). The third-order valence-electron chi connectivity index (χ3n) is 5.20. The zero-order valence-electron chi connectivity index (χ0n) is 13.7. The molecule has 0 aromatic rings. The van der Waals surface area contributed by atoms with Crippen LogP contribution in [-0.4, -0.2) is 54.4 Å². The van der Waals surface area contributed by atoms with Gasteiger partial charge in [-0.2, -0.15) is 17.0 Å². The molecule has 21 heavy (non-hydrogen) atoms. The lowest BCUT2D eigenvalue weighted by Crippen LogP contribution is -2.47. The van der Waals surface area contributed by atoms with Crippen LogP contribution >= 0.6 is 0 Å². The highest BCUT2D eigenvalue weighted by molar-refractivity contribution is 7.86. The molecule has 6 heteroatoms. The van der Waals surface area contributed by atoms with Gasteiger partial charge in [0.25, 0.3) is 10.2 Å². The van der Waals surface area contributed by atoms with Gasteiger partial charge >= 0.3 is 0 Å². The van der Waals surface area contributed by atoms with Crippen molar-refractivity contribution < 1.29 is 13.5 Å². The number of hydrogen-bond donors (Lipinski definition) is 1. The third kappa shape index (κ3) is 3.78. The molecule has 0 aromatic carbocycles. The molecule has 1 N–H and O–H groups in total. The van der Waals surface area contributed by atoms with Crippen LogP contribution in [0.3, 0.4) is 0 Å². The molecule has 2 fully saturated rings. The lowest BCUT2D eigenvalue weighted by Gasteiger charge is -2.39. The van der Waals surface area contributed by atoms with Gasteiger partial charge in [-0.1, -0.05) is 20.8 Å². The zero-order valence-corrected chi connectivity index (χ0v) is 14.6. The summed E-state index contributed by atoms with van der Waals surface area (Å²) >= 11 is 0. The maximum Gasteiger partial charge on any atom is 0.281 e. The van der Waals surface area contributed by atoms with Gasteiger partial charge in [0.1, 0.15) is 0 Å². The molecular formula is C15H30N2O3S. The summed E-state index contributed by atoms with van der Waals surface area (Å²) in [4.78, 5) is 0. The Balaban J connectivity index is 1.96. The summed E-state index contributed by atoms with van der Waals surface area (Å²) in [5.74, 6) is 0.666. The van der Waals surface area contributed by atoms with Crippen LogP contribution in [0.2, 0.25) is 0 Å². The Morgan fingerprint density at radius 2 is 1.57 bits per heavy atom. The van der Waals surface area contributed by atoms with E-state index in [2.05, 4.69) is 20.8 Å². The van der Waals surface area contributed by atoms with Gasteiger partial charge in [0, 0.05) is 26.2 Å². The van der Waals surface area contributed by atoms with Crippen molar-refractivity contribution >= 4 is 10.2 Å². The maximum atomic E-state index is 12.7. The van der Waals surface area contributed by atoms with Crippen LogP contribution in [0.15, 0.2) is 0 Å². The highest BCUT2D eigenvalue weighted by atomic mass is 32.2. The van der Waals surface area contributed by atoms with Gasteiger partial charge in [0.2, 0.25) is 0 Å². The van der Waals surface area contributed by atoms with Gasteiger partial charge in [-0.05, 0) is 43.4 Å². The Hall–Kier alpha value is -0.170. The van der Waals surface area contributed by atoms with Crippen LogP contribution < -0.4 is 0 Å². The molecule has 5 nitrogen and oxygen atoms in total. The fourth-order valence-electron chi connectivity index (χ4n) is 3.47. The predicted octanol–water partition coefficient (Wildman–Crippen LogP) is 1.69. The molecule has 0 amide bonds. The van der Waals surface area contributed by atoms with E-state index in [4.69, 9.17) is 0 Å². The Morgan fingerprint density at radius 3 is 2.00 bits per heavy atom. The summed E-state index contributed by atoms with van der Waals surface area (Å²) in [6.07, 6.45) is 2.21. The minimum Gasteiger partial charge on any atom is -0.393 e. The minimum absolute atomic E-state index is 0.0758. The highest BCUT2D eigenvalue weighted by Crippen LogP contribution is 2.35. The first-order chi connectivity index (χ1) is 9.62. The first-order valence-corrected chi connectivity index (χ1v) is 9.45. The van der Waals surface area contributed by atoms with Crippen molar-refractivity contribution in [1.82, 2.24) is 8.61 Å². The minimum atomic E-state index is -3.34. The molecule has 2 aliphatic rings. The topological polar surface area (TPSA) is 60.9 Å². The van der Waals surface area contributed by atoms with Crippen molar-refractivity contribution in [3.8, 4) is 0 Å². The van der Waals surface area contributed by atoms with Crippen molar-refractivity contribution in [3.05, 3.63) is 0 Å². The number of rotatable bonds is 3. The van der Waals surface area contributed by atoms with E-state index in [9.17, 15) is 13.5 Å². The lowest BCUT2D eigenvalue weighted by atomic mass is 9.76. The van der Waals surface area contributed by atoms with Crippen molar-refractivity contribution in [1.29, 1.82) is 0 Å². The first kappa shape index (κ1) is 17.2. The van der Waals surface area contributed by atoms with Gasteiger partial charge in [-0.3, -0.25) is 0 Å². The van der Waals surface area contributed by atoms with Gasteiger partial charge in [-0.15, -0.1) is 0 Å². The Morgan fingerprint density at radius 1 is 1.05 bits per heavy atom. The van der Waals surface area contributed by atoms with Crippen molar-refractivity contribution in [2.45, 2.75) is 53.1 Å². The van der Waals surface area contributed by atoms with Gasteiger partial charge in [-0.25, -0.2) is 0 Å². The summed E-state index contributed by atoms with van der Waals surface area (Å²) < 4.78 is 28.6. The Bertz CT molecular complexity index is 448. The summed E-state index contributed by atoms with van der Waals surface area (Å²) in [6, 6.07) is 0. The van der Waals surface area contributed by atoms with E-state index in [0.29, 0.717) is 32.1 Å². The summed E-state index contributed by atoms with van der Waals surface area (Å²) in [6.45, 7) is 10.7. The molecular weight excluding hydrogens is 288 g/mol. The summed E-state index contributed by atoms with van der Waals surface area (Å²) in [5, 5.41) is 9.64. The van der Waals surface area contributed by atoms with Crippen molar-refractivity contribution in [2.75, 3.05) is 26.2 Å². The standard InChI is InChI=1S/C15H30N2O3S/c1-12(18)13-5-8-17(11-13)21(19,20)16-9-6-14(7-10-16)15(2,3)4/h12-14,18H,5-11H2,1-4H3. The van der Waals surface area contributed by atoms with Crippen LogP contribution in [0.5, 0.6) is 0 Å². The maximum absolute atomic E-state index is 12.7. The number of aliphatic hydroxyl groups excluding tert-OH is 1. The van der Waals surface area contributed by atoms with Crippen molar-refractivity contribution in [2.24, 2.45) is 17.3 Å². The Labute approximate surface area is 129 Å². The molecule has 2 saturated heterocycles. The number of nitrogens with zero attached hydrogens (tertiary/aromatic N) is 2. The largest absolute Gasteiger partial charge is 0.393 e. The second-order valence-electron chi connectivity index (χ2n) is 7.69. The number of aliphatic hydroxyl groups is 1. The van der Waals surface area contributed by atoms with Crippen LogP contribution in [0, 0.1) is 17.3 Å². The molecule has 0 spiro atoms. The summed E-state index contributed by atoms with van der Waals surface area (Å²) in [7, 11) is -3.34. The SMILES string of the molecule is CC(O)C1CCN(S(=O)(=O)N2CCC(C(C)(C)C)CC2)C1. The quantitative estimate of drug-likeness (QED) is 0.861. The van der Waals surface area contributed by atoms with Crippen molar-refractivity contribution in [3.63, 3.8) is 0 Å². The van der Waals surface area contributed by atoms with E-state index in [1.807, 2.05) is 0 Å². The van der Waals surface area contributed by atoms with E-state index in [0.717, 1.165) is 19.3 Å². The monoisotopic (exact) mass is 318 g/mol. The lowest BCUT2D eigenvalue weighted by molar-refractivity contribution is 0.131. The molecule has 2 atom stereocenters. The van der Waals surface area contributed by atoms with Gasteiger partial charge in [0.15, 0.2) is 0 Å². The van der Waals surface area contributed by atoms with Crippen LogP contribution in [-0.2, 0) is 10.2 Å². The summed E-state index contributed by atoms with van der Waals surface area (Å²) in [5.41, 5.74) is 0.251. The zero-order chi connectivity index (χ0) is 15.8. The first-order valence-electron chi connectivity index (χ1n) is 8.05. The van der Waals surface area contributed by atoms with Crippen LogP contribution in [0.1, 0.15) is 47.0 Å². The highest BCUT2D eigenvalue weighted by Gasteiger charge is 2.39. The second kappa shape index (κ2) is 6.14. The molecule has 2 unspecified atom stereocenters. The molecule has 0 aromatic heterocycles. The van der Waals surface area contributed by atoms with Gasteiger partial charge in [0.05, 0.1) is 6.10 Å². The predicted molar refractivity (Wildman–Crippen MR) is 84.0 cm³/mol. The average Bonchev–Trinajstić information content (AvgIpc) is 2.88. The fourth-order valence-corrected chi connectivity index (χ4v) is 5.19. The molecule has 2 heterocycles. The Kier molecular flexibility index (Phi) is 5.03. The molecule has 124 valence electrons. The van der Waals surface area contributed by atoms with Crippen LogP contribution in [0.25, 0.3) is 0 Å². The molecule has 2 aliphatic heterocycles. The number of piperidine rings is 1. The van der Waals surface area contributed by atoms with Gasteiger partial charge < -0.3 is 5.11 Å². The number of hydrogen-bond acceptors (Lipinski definition) is 3. The average molecular weight is 318 g/mol. The molecule has 0 saturated carbocycles. The fraction of sp³-hybridized carbons (Fsp3) is 1.00. The molecule has 0 bridgehead atoms. The normalized spacial score (nSPS) is 28.9. The van der Waals surface area contributed by atoms with E-state index >= 15 is 0 Å². The third-order valence-corrected chi connectivity index (χ3v) is 7.20. The van der Waals surface area contributed by atoms with Crippen LogP contribution in [0.4, 0.5) is 0 Å². The van der Waals surface area contributed by atoms with E-state index in [1.54, 1.807) is 15.5 Å². The van der Waals surface area contributed by atoms with E-state index in [1.165, 1.54) is 0 Å².